The van der Waals surface area contributed by atoms with Crippen molar-refractivity contribution in [2.24, 2.45) is 0 Å². The number of hydrogen-bond donors (Lipinski definition) is 1. The van der Waals surface area contributed by atoms with Crippen molar-refractivity contribution in [3.8, 4) is 0 Å². The summed E-state index contributed by atoms with van der Waals surface area (Å²) < 4.78 is 13.2. The van der Waals surface area contributed by atoms with E-state index in [-0.39, 0.29) is 5.82 Å². The van der Waals surface area contributed by atoms with Gasteiger partial charge in [-0.1, -0.05) is 17.7 Å². The Kier molecular flexibility index (Phi) is 5.54. The molecule has 1 unspecified atom stereocenters. The first-order valence-electron chi connectivity index (χ1n) is 6.42. The lowest BCUT2D eigenvalue weighted by Crippen LogP contribution is -2.30. The third kappa shape index (κ3) is 4.28. The zero-order valence-corrected chi connectivity index (χ0v) is 13.1. The Bertz CT molecular complexity index is 523. The van der Waals surface area contributed by atoms with Crippen molar-refractivity contribution in [3.05, 3.63) is 57.0 Å². The van der Waals surface area contributed by atoms with Gasteiger partial charge >= 0.3 is 0 Å². The number of benzene rings is 1. The van der Waals surface area contributed by atoms with Crippen molar-refractivity contribution in [2.75, 3.05) is 20.6 Å². The van der Waals surface area contributed by atoms with Gasteiger partial charge in [-0.05, 0) is 49.3 Å². The monoisotopic (exact) mass is 312 g/mol. The van der Waals surface area contributed by atoms with Gasteiger partial charge in [0.25, 0.3) is 0 Å². The third-order valence-electron chi connectivity index (χ3n) is 3.08. The van der Waals surface area contributed by atoms with Gasteiger partial charge in [0.05, 0.1) is 6.04 Å². The molecule has 0 bridgehead atoms. The molecule has 1 aromatic carbocycles. The summed E-state index contributed by atoms with van der Waals surface area (Å²) in [6, 6.07) is 9.12. The van der Waals surface area contributed by atoms with Crippen LogP contribution in [0.1, 0.15) is 16.5 Å². The molecule has 20 heavy (non-hydrogen) atoms. The Labute approximate surface area is 128 Å². The molecule has 1 N–H and O–H groups in total. The fourth-order valence-corrected chi connectivity index (χ4v) is 3.25. The quantitative estimate of drug-likeness (QED) is 0.869. The van der Waals surface area contributed by atoms with Crippen LogP contribution in [0.4, 0.5) is 4.39 Å². The van der Waals surface area contributed by atoms with Gasteiger partial charge in [-0.3, -0.25) is 0 Å². The van der Waals surface area contributed by atoms with E-state index in [0.717, 1.165) is 12.1 Å². The van der Waals surface area contributed by atoms with Crippen LogP contribution in [0, 0.1) is 5.82 Å². The third-order valence-corrected chi connectivity index (χ3v) is 4.28. The molecule has 0 fully saturated rings. The zero-order valence-electron chi connectivity index (χ0n) is 11.6. The van der Waals surface area contributed by atoms with Crippen LogP contribution in [0.25, 0.3) is 0 Å². The summed E-state index contributed by atoms with van der Waals surface area (Å²) in [5, 5.41) is 5.88. The van der Waals surface area contributed by atoms with Crippen molar-refractivity contribution in [3.63, 3.8) is 0 Å². The predicted octanol–water partition coefficient (Wildman–Crippen LogP) is 3.93. The smallest absolute Gasteiger partial charge is 0.125 e. The van der Waals surface area contributed by atoms with Crippen molar-refractivity contribution in [2.45, 2.75) is 12.6 Å². The number of nitrogens with one attached hydrogen (secondary N) is 1. The van der Waals surface area contributed by atoms with Gasteiger partial charge < -0.3 is 10.2 Å². The summed E-state index contributed by atoms with van der Waals surface area (Å²) in [5.74, 6) is -0.295. The summed E-state index contributed by atoms with van der Waals surface area (Å²) in [5.41, 5.74) is 0.860. The molecular weight excluding hydrogens is 295 g/mol. The van der Waals surface area contributed by atoms with Crippen LogP contribution in [-0.2, 0) is 6.54 Å². The van der Waals surface area contributed by atoms with Crippen LogP contribution >= 0.6 is 22.9 Å². The molecule has 0 aliphatic heterocycles. The lowest BCUT2D eigenvalue weighted by atomic mass is 10.2. The topological polar surface area (TPSA) is 15.3 Å². The van der Waals surface area contributed by atoms with Crippen LogP contribution < -0.4 is 5.32 Å². The van der Waals surface area contributed by atoms with E-state index in [1.54, 1.807) is 17.4 Å². The molecular formula is C15H18ClFN2S. The molecule has 108 valence electrons. The van der Waals surface area contributed by atoms with Crippen molar-refractivity contribution in [1.82, 2.24) is 10.2 Å². The minimum absolute atomic E-state index is 0.295. The molecule has 1 atom stereocenters. The minimum atomic E-state index is -0.295. The van der Waals surface area contributed by atoms with E-state index in [4.69, 9.17) is 11.6 Å². The first-order valence-corrected chi connectivity index (χ1v) is 7.67. The Hall–Kier alpha value is -0.940. The second kappa shape index (κ2) is 7.18. The molecule has 2 aromatic rings. The second-order valence-corrected chi connectivity index (χ2v) is 6.32. The maximum absolute atomic E-state index is 13.2. The SMILES string of the molecule is CN(C)C(CNCc1cc(F)cc(Cl)c1)c1cccs1. The van der Waals surface area contributed by atoms with Crippen LogP contribution in [0.5, 0.6) is 0 Å². The van der Waals surface area contributed by atoms with E-state index in [1.165, 1.54) is 17.0 Å². The average Bonchev–Trinajstić information content (AvgIpc) is 2.86. The maximum Gasteiger partial charge on any atom is 0.125 e. The Morgan fingerprint density at radius 1 is 1.35 bits per heavy atom. The maximum atomic E-state index is 13.2. The number of likely N-dealkylation sites (N-methyl/N-ethyl adjacent to an activating group) is 1. The van der Waals surface area contributed by atoms with Crippen LogP contribution in [-0.4, -0.2) is 25.5 Å². The van der Waals surface area contributed by atoms with Gasteiger partial charge in [0.1, 0.15) is 5.82 Å². The van der Waals surface area contributed by atoms with Gasteiger partial charge in [0, 0.05) is 23.0 Å². The highest BCUT2D eigenvalue weighted by molar-refractivity contribution is 7.10. The fourth-order valence-electron chi connectivity index (χ4n) is 2.08. The summed E-state index contributed by atoms with van der Waals surface area (Å²) in [4.78, 5) is 3.50. The Morgan fingerprint density at radius 2 is 2.15 bits per heavy atom. The summed E-state index contributed by atoms with van der Waals surface area (Å²) in [6.45, 7) is 1.41. The molecule has 2 nitrogen and oxygen atoms in total. The summed E-state index contributed by atoms with van der Waals surface area (Å²) in [6.07, 6.45) is 0. The van der Waals surface area contributed by atoms with Gasteiger partial charge in [-0.2, -0.15) is 0 Å². The largest absolute Gasteiger partial charge is 0.311 e. The van der Waals surface area contributed by atoms with Crippen molar-refractivity contribution < 1.29 is 4.39 Å². The highest BCUT2D eigenvalue weighted by Gasteiger charge is 2.14. The molecule has 1 aromatic heterocycles. The molecule has 0 saturated carbocycles. The predicted molar refractivity (Wildman–Crippen MR) is 83.9 cm³/mol. The lowest BCUT2D eigenvalue weighted by Gasteiger charge is -2.23. The number of halogens is 2. The molecule has 2 rings (SSSR count). The van der Waals surface area contributed by atoms with Gasteiger partial charge in [-0.25, -0.2) is 4.39 Å². The number of nitrogens with zero attached hydrogens (tertiary/aromatic N) is 1. The van der Waals surface area contributed by atoms with Crippen LogP contribution in [0.2, 0.25) is 5.02 Å². The second-order valence-electron chi connectivity index (χ2n) is 4.90. The van der Waals surface area contributed by atoms with Gasteiger partial charge in [0.2, 0.25) is 0 Å². The first kappa shape index (κ1) is 15.4. The van der Waals surface area contributed by atoms with E-state index in [0.29, 0.717) is 17.6 Å². The minimum Gasteiger partial charge on any atom is -0.311 e. The molecule has 0 radical (unpaired) electrons. The summed E-state index contributed by atoms with van der Waals surface area (Å²) >= 11 is 7.60. The van der Waals surface area contributed by atoms with Crippen molar-refractivity contribution in [1.29, 1.82) is 0 Å². The number of hydrogen-bond acceptors (Lipinski definition) is 3. The molecule has 0 amide bonds. The Morgan fingerprint density at radius 3 is 2.75 bits per heavy atom. The van der Waals surface area contributed by atoms with Crippen LogP contribution in [0.3, 0.4) is 0 Å². The molecule has 0 aliphatic rings. The molecule has 0 aliphatic carbocycles. The average molecular weight is 313 g/mol. The fraction of sp³-hybridized carbons (Fsp3) is 0.333. The van der Waals surface area contributed by atoms with E-state index in [2.05, 4.69) is 41.8 Å². The normalized spacial score (nSPS) is 12.8. The molecule has 0 spiro atoms. The zero-order chi connectivity index (χ0) is 14.5. The van der Waals surface area contributed by atoms with Crippen LogP contribution in [0.15, 0.2) is 35.7 Å². The van der Waals surface area contributed by atoms with E-state index >= 15 is 0 Å². The summed E-state index contributed by atoms with van der Waals surface area (Å²) in [7, 11) is 4.12. The standard InChI is InChI=1S/C15H18ClFN2S/c1-19(2)14(15-4-3-5-20-15)10-18-9-11-6-12(16)8-13(17)7-11/h3-8,14,18H,9-10H2,1-2H3. The molecule has 5 heteroatoms. The van der Waals surface area contributed by atoms with E-state index < -0.39 is 0 Å². The highest BCUT2D eigenvalue weighted by Crippen LogP contribution is 2.22. The number of thiophene rings is 1. The molecule has 0 saturated heterocycles. The first-order chi connectivity index (χ1) is 9.56. The number of rotatable bonds is 6. The van der Waals surface area contributed by atoms with E-state index in [9.17, 15) is 4.39 Å². The van der Waals surface area contributed by atoms with E-state index in [1.807, 2.05) is 0 Å². The Balaban J connectivity index is 1.93. The van der Waals surface area contributed by atoms with Crippen molar-refractivity contribution >= 4 is 22.9 Å². The highest BCUT2D eigenvalue weighted by atomic mass is 35.5. The van der Waals surface area contributed by atoms with Gasteiger partial charge in [0.15, 0.2) is 0 Å². The van der Waals surface area contributed by atoms with Gasteiger partial charge in [-0.15, -0.1) is 11.3 Å². The molecule has 1 heterocycles. The lowest BCUT2D eigenvalue weighted by molar-refractivity contribution is 0.292.